The molecule has 1 amide bonds. The number of nitro groups is 1. The van der Waals surface area contributed by atoms with Crippen LogP contribution in [0.2, 0.25) is 5.02 Å². The molecule has 8 heteroatoms. The van der Waals surface area contributed by atoms with Crippen LogP contribution in [0.5, 0.6) is 0 Å². The number of amides is 1. The molecule has 0 spiro atoms. The van der Waals surface area contributed by atoms with Crippen molar-refractivity contribution in [2.75, 3.05) is 18.9 Å². The van der Waals surface area contributed by atoms with Crippen LogP contribution in [-0.2, 0) is 11.3 Å². The van der Waals surface area contributed by atoms with E-state index in [1.807, 2.05) is 19.1 Å². The first kappa shape index (κ1) is 17.0. The molecule has 0 saturated heterocycles. The highest BCUT2D eigenvalue weighted by atomic mass is 35.5. The van der Waals surface area contributed by atoms with Gasteiger partial charge in [0.25, 0.3) is 5.69 Å². The fourth-order valence-corrected chi connectivity index (χ4v) is 2.25. The van der Waals surface area contributed by atoms with E-state index >= 15 is 0 Å². The third-order valence-corrected chi connectivity index (χ3v) is 3.30. The Kier molecular flexibility index (Phi) is 5.36. The molecule has 1 heterocycles. The molecule has 0 atom stereocenters. The van der Waals surface area contributed by atoms with E-state index in [0.29, 0.717) is 6.54 Å². The predicted octanol–water partition coefficient (Wildman–Crippen LogP) is 3.22. The molecule has 2 aromatic rings. The highest BCUT2D eigenvalue weighted by molar-refractivity contribution is 6.31. The summed E-state index contributed by atoms with van der Waals surface area (Å²) in [5.74, 6) is 1.19. The summed E-state index contributed by atoms with van der Waals surface area (Å²) in [4.78, 5) is 24.2. The molecule has 1 aromatic carbocycles. The van der Waals surface area contributed by atoms with Crippen molar-refractivity contribution in [1.29, 1.82) is 0 Å². The zero-order valence-electron chi connectivity index (χ0n) is 12.7. The van der Waals surface area contributed by atoms with Crippen LogP contribution in [0.15, 0.2) is 34.7 Å². The van der Waals surface area contributed by atoms with Crippen LogP contribution in [0.1, 0.15) is 11.5 Å². The SMILES string of the molecule is Cc1ccc(CN(C)CC(=O)Nc2ccc(Cl)cc2[N+](=O)[O-])o1. The average molecular weight is 338 g/mol. The van der Waals surface area contributed by atoms with E-state index in [9.17, 15) is 14.9 Å². The van der Waals surface area contributed by atoms with Crippen LogP contribution in [0.3, 0.4) is 0 Å². The van der Waals surface area contributed by atoms with Crippen molar-refractivity contribution in [2.45, 2.75) is 13.5 Å². The fraction of sp³-hybridized carbons (Fsp3) is 0.267. The molecular weight excluding hydrogens is 322 g/mol. The minimum absolute atomic E-state index is 0.0690. The summed E-state index contributed by atoms with van der Waals surface area (Å²) in [6.45, 7) is 2.37. The largest absolute Gasteiger partial charge is 0.465 e. The summed E-state index contributed by atoms with van der Waals surface area (Å²) in [5, 5.41) is 13.8. The highest BCUT2D eigenvalue weighted by Crippen LogP contribution is 2.27. The Morgan fingerprint density at radius 1 is 1.39 bits per heavy atom. The maximum absolute atomic E-state index is 12.0. The minimum atomic E-state index is -0.586. The van der Waals surface area contributed by atoms with Crippen LogP contribution in [0, 0.1) is 17.0 Å². The van der Waals surface area contributed by atoms with E-state index < -0.39 is 4.92 Å². The Hall–Kier alpha value is -2.38. The smallest absolute Gasteiger partial charge is 0.294 e. The summed E-state index contributed by atoms with van der Waals surface area (Å²) >= 11 is 5.74. The number of nitrogens with zero attached hydrogens (tertiary/aromatic N) is 2. The third kappa shape index (κ3) is 4.80. The lowest BCUT2D eigenvalue weighted by Crippen LogP contribution is -2.29. The predicted molar refractivity (Wildman–Crippen MR) is 86.5 cm³/mol. The van der Waals surface area contributed by atoms with Gasteiger partial charge >= 0.3 is 0 Å². The number of nitrogens with one attached hydrogen (secondary N) is 1. The zero-order valence-corrected chi connectivity index (χ0v) is 13.5. The summed E-state index contributed by atoms with van der Waals surface area (Å²) in [6.07, 6.45) is 0. The lowest BCUT2D eigenvalue weighted by Gasteiger charge is -2.15. The minimum Gasteiger partial charge on any atom is -0.465 e. The van der Waals surface area contributed by atoms with E-state index in [4.69, 9.17) is 16.0 Å². The maximum atomic E-state index is 12.0. The van der Waals surface area contributed by atoms with Gasteiger partial charge in [0.15, 0.2) is 0 Å². The van der Waals surface area contributed by atoms with Gasteiger partial charge in [-0.3, -0.25) is 19.8 Å². The van der Waals surface area contributed by atoms with Gasteiger partial charge in [-0.05, 0) is 38.2 Å². The van der Waals surface area contributed by atoms with E-state index in [-0.39, 0.29) is 28.8 Å². The summed E-state index contributed by atoms with van der Waals surface area (Å²) in [5.41, 5.74) is -0.123. The second-order valence-electron chi connectivity index (χ2n) is 5.15. The van der Waals surface area contributed by atoms with Crippen LogP contribution >= 0.6 is 11.6 Å². The molecular formula is C15H16ClN3O4. The van der Waals surface area contributed by atoms with Gasteiger partial charge in [0.1, 0.15) is 17.2 Å². The molecule has 0 unspecified atom stereocenters. The Morgan fingerprint density at radius 3 is 2.74 bits per heavy atom. The van der Waals surface area contributed by atoms with Gasteiger partial charge in [-0.1, -0.05) is 11.6 Å². The number of furan rings is 1. The summed E-state index contributed by atoms with van der Waals surface area (Å²) in [7, 11) is 1.76. The second kappa shape index (κ2) is 7.26. The molecule has 1 N–H and O–H groups in total. The Morgan fingerprint density at radius 2 is 2.13 bits per heavy atom. The van der Waals surface area contributed by atoms with Crippen molar-refractivity contribution in [3.05, 3.63) is 57.0 Å². The molecule has 0 aliphatic carbocycles. The van der Waals surface area contributed by atoms with E-state index in [2.05, 4.69) is 5.32 Å². The maximum Gasteiger partial charge on any atom is 0.294 e. The molecule has 0 fully saturated rings. The zero-order chi connectivity index (χ0) is 17.0. The van der Waals surface area contributed by atoms with Crippen LogP contribution in [-0.4, -0.2) is 29.3 Å². The van der Waals surface area contributed by atoms with E-state index in [1.165, 1.54) is 18.2 Å². The standard InChI is InChI=1S/C15H16ClN3O4/c1-10-3-5-12(23-10)8-18(2)9-15(20)17-13-6-4-11(16)7-14(13)19(21)22/h3-7H,8-9H2,1-2H3,(H,17,20). The van der Waals surface area contributed by atoms with Crippen LogP contribution in [0.25, 0.3) is 0 Å². The first-order valence-corrected chi connectivity index (χ1v) is 7.20. The summed E-state index contributed by atoms with van der Waals surface area (Å²) < 4.78 is 5.44. The molecule has 23 heavy (non-hydrogen) atoms. The first-order chi connectivity index (χ1) is 10.8. The monoisotopic (exact) mass is 337 g/mol. The number of aryl methyl sites for hydroxylation is 1. The van der Waals surface area contributed by atoms with Crippen molar-refractivity contribution in [3.8, 4) is 0 Å². The molecule has 1 aromatic heterocycles. The van der Waals surface area contributed by atoms with Gasteiger partial charge < -0.3 is 9.73 Å². The Balaban J connectivity index is 1.98. The van der Waals surface area contributed by atoms with Gasteiger partial charge in [0, 0.05) is 11.1 Å². The number of carbonyl (C=O) groups excluding carboxylic acids is 1. The van der Waals surface area contributed by atoms with Crippen molar-refractivity contribution < 1.29 is 14.1 Å². The highest BCUT2D eigenvalue weighted by Gasteiger charge is 2.17. The lowest BCUT2D eigenvalue weighted by molar-refractivity contribution is -0.383. The lowest BCUT2D eigenvalue weighted by atomic mass is 10.2. The molecule has 0 bridgehead atoms. The third-order valence-electron chi connectivity index (χ3n) is 3.07. The molecule has 0 aliphatic rings. The molecule has 0 aliphatic heterocycles. The van der Waals surface area contributed by atoms with Crippen molar-refractivity contribution in [3.63, 3.8) is 0 Å². The number of halogens is 1. The molecule has 2 rings (SSSR count). The Labute approximate surface area is 138 Å². The normalized spacial score (nSPS) is 10.8. The number of anilines is 1. The second-order valence-corrected chi connectivity index (χ2v) is 5.59. The number of hydrogen-bond donors (Lipinski definition) is 1. The number of likely N-dealkylation sites (N-methyl/N-ethyl adjacent to an activating group) is 1. The van der Waals surface area contributed by atoms with Crippen LogP contribution in [0.4, 0.5) is 11.4 Å². The van der Waals surface area contributed by atoms with Crippen LogP contribution < -0.4 is 5.32 Å². The Bertz CT molecular complexity index is 729. The van der Waals surface area contributed by atoms with Gasteiger partial charge in [-0.25, -0.2) is 0 Å². The quantitative estimate of drug-likeness (QED) is 0.645. The number of rotatable bonds is 6. The number of nitro benzene ring substituents is 1. The molecule has 0 radical (unpaired) electrons. The fourth-order valence-electron chi connectivity index (χ4n) is 2.09. The molecule has 122 valence electrons. The number of carbonyl (C=O) groups is 1. The molecule has 0 saturated carbocycles. The summed E-state index contributed by atoms with van der Waals surface area (Å²) in [6, 6.07) is 7.79. The van der Waals surface area contributed by atoms with Crippen molar-refractivity contribution in [2.24, 2.45) is 0 Å². The number of benzene rings is 1. The number of hydrogen-bond acceptors (Lipinski definition) is 5. The van der Waals surface area contributed by atoms with Gasteiger partial charge in [-0.2, -0.15) is 0 Å². The van der Waals surface area contributed by atoms with Gasteiger partial charge in [0.05, 0.1) is 18.0 Å². The van der Waals surface area contributed by atoms with E-state index in [1.54, 1.807) is 11.9 Å². The van der Waals surface area contributed by atoms with Gasteiger partial charge in [-0.15, -0.1) is 0 Å². The van der Waals surface area contributed by atoms with Crippen molar-refractivity contribution in [1.82, 2.24) is 4.90 Å². The topological polar surface area (TPSA) is 88.6 Å². The molecule has 7 nitrogen and oxygen atoms in total. The van der Waals surface area contributed by atoms with E-state index in [0.717, 1.165) is 11.5 Å². The first-order valence-electron chi connectivity index (χ1n) is 6.83. The van der Waals surface area contributed by atoms with Gasteiger partial charge in [0.2, 0.25) is 5.91 Å². The van der Waals surface area contributed by atoms with Crippen molar-refractivity contribution >= 4 is 28.9 Å². The average Bonchev–Trinajstić information content (AvgIpc) is 2.85.